The van der Waals surface area contributed by atoms with Crippen molar-refractivity contribution >= 4 is 0 Å². The molecule has 0 amide bonds. The van der Waals surface area contributed by atoms with Crippen molar-refractivity contribution in [2.75, 3.05) is 19.6 Å². The maximum atomic E-state index is 12.7. The summed E-state index contributed by atoms with van der Waals surface area (Å²) in [5.74, 6) is 0. The lowest BCUT2D eigenvalue weighted by atomic mass is 9.83. The minimum Gasteiger partial charge on any atom is -0.312 e. The molecule has 0 aromatic carbocycles. The number of alkyl halides is 3. The third-order valence-corrected chi connectivity index (χ3v) is 5.21. The highest BCUT2D eigenvalue weighted by atomic mass is 19.4. The van der Waals surface area contributed by atoms with Gasteiger partial charge in [0.2, 0.25) is 0 Å². The molecule has 1 aliphatic carbocycles. The Bertz CT molecular complexity index is 305. The van der Waals surface area contributed by atoms with E-state index in [-0.39, 0.29) is 18.0 Å². The first-order chi connectivity index (χ1) is 9.98. The molecule has 1 unspecified atom stereocenters. The average molecular weight is 306 g/mol. The first-order valence-corrected chi connectivity index (χ1v) is 8.53. The summed E-state index contributed by atoms with van der Waals surface area (Å²) in [4.78, 5) is 2.50. The molecule has 2 fully saturated rings. The first-order valence-electron chi connectivity index (χ1n) is 8.53. The van der Waals surface area contributed by atoms with Gasteiger partial charge in [0.25, 0.3) is 0 Å². The molecule has 1 aliphatic heterocycles. The van der Waals surface area contributed by atoms with Crippen LogP contribution in [-0.4, -0.2) is 42.3 Å². The molecule has 21 heavy (non-hydrogen) atoms. The second-order valence-electron chi connectivity index (χ2n) is 6.67. The van der Waals surface area contributed by atoms with E-state index < -0.39 is 12.6 Å². The molecule has 0 spiro atoms. The Labute approximate surface area is 126 Å². The smallest absolute Gasteiger partial charge is 0.312 e. The van der Waals surface area contributed by atoms with Gasteiger partial charge in [-0.15, -0.1) is 0 Å². The Morgan fingerprint density at radius 2 is 1.71 bits per heavy atom. The van der Waals surface area contributed by atoms with Crippen molar-refractivity contribution in [3.63, 3.8) is 0 Å². The Morgan fingerprint density at radius 3 is 2.24 bits per heavy atom. The zero-order valence-electron chi connectivity index (χ0n) is 13.1. The minimum absolute atomic E-state index is 0.0142. The van der Waals surface area contributed by atoms with Crippen LogP contribution in [0.25, 0.3) is 0 Å². The van der Waals surface area contributed by atoms with E-state index in [2.05, 4.69) is 17.1 Å². The van der Waals surface area contributed by atoms with Gasteiger partial charge < -0.3 is 5.32 Å². The highest BCUT2D eigenvalue weighted by Crippen LogP contribution is 2.42. The van der Waals surface area contributed by atoms with Gasteiger partial charge >= 0.3 is 6.18 Å². The molecule has 0 radical (unpaired) electrons. The van der Waals surface area contributed by atoms with Crippen LogP contribution in [0.4, 0.5) is 13.2 Å². The number of rotatable bonds is 7. The number of nitrogens with one attached hydrogen (secondary N) is 1. The van der Waals surface area contributed by atoms with Crippen molar-refractivity contribution in [3.8, 4) is 0 Å². The highest BCUT2D eigenvalue weighted by Gasteiger charge is 2.47. The lowest BCUT2D eigenvalue weighted by Gasteiger charge is -2.46. The van der Waals surface area contributed by atoms with Crippen LogP contribution in [0.3, 0.4) is 0 Å². The molecule has 0 bridgehead atoms. The minimum atomic E-state index is -4.04. The molecule has 124 valence electrons. The molecular weight excluding hydrogens is 277 g/mol. The van der Waals surface area contributed by atoms with E-state index in [9.17, 15) is 13.2 Å². The molecule has 0 aromatic rings. The Hall–Kier alpha value is -0.290. The monoisotopic (exact) mass is 306 g/mol. The number of hydrogen-bond donors (Lipinski definition) is 1. The lowest BCUT2D eigenvalue weighted by Crippen LogP contribution is -2.59. The van der Waals surface area contributed by atoms with Gasteiger partial charge in [0, 0.05) is 18.0 Å². The molecule has 0 aromatic heterocycles. The summed E-state index contributed by atoms with van der Waals surface area (Å²) in [5, 5.41) is 3.46. The molecule has 1 atom stereocenters. The molecule has 1 saturated carbocycles. The van der Waals surface area contributed by atoms with Crippen molar-refractivity contribution < 1.29 is 13.2 Å². The molecule has 1 saturated heterocycles. The second-order valence-corrected chi connectivity index (χ2v) is 6.67. The van der Waals surface area contributed by atoms with Gasteiger partial charge in [-0.05, 0) is 58.2 Å². The van der Waals surface area contributed by atoms with Gasteiger partial charge in [-0.1, -0.05) is 19.8 Å². The summed E-state index contributed by atoms with van der Waals surface area (Å²) in [6, 6.07) is -0.0142. The van der Waals surface area contributed by atoms with Gasteiger partial charge in [0.15, 0.2) is 0 Å². The van der Waals surface area contributed by atoms with E-state index in [0.717, 1.165) is 51.7 Å². The molecule has 5 heteroatoms. The lowest BCUT2D eigenvalue weighted by molar-refractivity contribution is -0.138. The number of halogens is 3. The van der Waals surface area contributed by atoms with Crippen molar-refractivity contribution in [3.05, 3.63) is 0 Å². The van der Waals surface area contributed by atoms with Crippen LogP contribution in [0.2, 0.25) is 0 Å². The Balaban J connectivity index is 2.09. The predicted octanol–water partition coefficient (Wildman–Crippen LogP) is 4.11. The first kappa shape index (κ1) is 17.1. The van der Waals surface area contributed by atoms with Crippen LogP contribution >= 0.6 is 0 Å². The zero-order valence-corrected chi connectivity index (χ0v) is 13.1. The molecule has 2 rings (SSSR count). The molecular formula is C16H29F3N2. The normalized spacial score (nSPS) is 24.6. The van der Waals surface area contributed by atoms with Gasteiger partial charge in [-0.25, -0.2) is 0 Å². The van der Waals surface area contributed by atoms with Crippen molar-refractivity contribution in [2.45, 2.75) is 82.5 Å². The fraction of sp³-hybridized carbons (Fsp3) is 1.00. The molecule has 2 aliphatic rings. The fourth-order valence-electron chi connectivity index (χ4n) is 4.22. The largest absolute Gasteiger partial charge is 0.389 e. The Morgan fingerprint density at radius 1 is 1.10 bits per heavy atom. The van der Waals surface area contributed by atoms with E-state index in [4.69, 9.17) is 0 Å². The summed E-state index contributed by atoms with van der Waals surface area (Å²) < 4.78 is 38.1. The van der Waals surface area contributed by atoms with Crippen LogP contribution < -0.4 is 5.32 Å². The average Bonchev–Trinajstić information content (AvgIpc) is 3.09. The molecule has 1 N–H and O–H groups in total. The summed E-state index contributed by atoms with van der Waals surface area (Å²) in [6.07, 6.45) is 3.32. The van der Waals surface area contributed by atoms with Gasteiger partial charge in [-0.2, -0.15) is 13.2 Å². The van der Waals surface area contributed by atoms with Gasteiger partial charge in [0.1, 0.15) is 0 Å². The summed E-state index contributed by atoms with van der Waals surface area (Å²) in [6.45, 7) is 5.02. The predicted molar refractivity (Wildman–Crippen MR) is 79.4 cm³/mol. The van der Waals surface area contributed by atoms with Crippen LogP contribution in [0, 0.1) is 0 Å². The van der Waals surface area contributed by atoms with Crippen LogP contribution in [-0.2, 0) is 0 Å². The third kappa shape index (κ3) is 4.35. The topological polar surface area (TPSA) is 15.3 Å². The van der Waals surface area contributed by atoms with E-state index in [1.807, 2.05) is 0 Å². The van der Waals surface area contributed by atoms with Crippen molar-refractivity contribution in [2.24, 2.45) is 0 Å². The number of nitrogens with zero attached hydrogens (tertiary/aromatic N) is 1. The van der Waals surface area contributed by atoms with Crippen LogP contribution in [0.15, 0.2) is 0 Å². The van der Waals surface area contributed by atoms with Crippen LogP contribution in [0.1, 0.15) is 64.7 Å². The second kappa shape index (κ2) is 7.32. The van der Waals surface area contributed by atoms with E-state index >= 15 is 0 Å². The van der Waals surface area contributed by atoms with E-state index in [1.54, 1.807) is 0 Å². The van der Waals surface area contributed by atoms with E-state index in [1.165, 1.54) is 12.8 Å². The summed E-state index contributed by atoms with van der Waals surface area (Å²) in [7, 11) is 0. The van der Waals surface area contributed by atoms with Crippen molar-refractivity contribution in [1.82, 2.24) is 10.2 Å². The third-order valence-electron chi connectivity index (χ3n) is 5.21. The number of likely N-dealkylation sites (tertiary alicyclic amines) is 1. The SMILES string of the molecule is CCCNC(CCC(F)(F)F)C1(N2CCCC2)CCCC1. The summed E-state index contributed by atoms with van der Waals surface area (Å²) >= 11 is 0. The molecule has 1 heterocycles. The summed E-state index contributed by atoms with van der Waals surface area (Å²) in [5.41, 5.74) is -0.0169. The Kier molecular flexibility index (Phi) is 5.95. The van der Waals surface area contributed by atoms with E-state index in [0.29, 0.717) is 0 Å². The maximum absolute atomic E-state index is 12.7. The van der Waals surface area contributed by atoms with Crippen LogP contribution in [0.5, 0.6) is 0 Å². The standard InChI is InChI=1S/C16H29F3N2/c1-2-11-20-14(7-10-16(17,18)19)15(8-3-4-9-15)21-12-5-6-13-21/h14,20H,2-13H2,1H3. The number of hydrogen-bond acceptors (Lipinski definition) is 2. The van der Waals surface area contributed by atoms with Gasteiger partial charge in [-0.3, -0.25) is 4.90 Å². The highest BCUT2D eigenvalue weighted by molar-refractivity contribution is 5.04. The quantitative estimate of drug-likeness (QED) is 0.761. The fourth-order valence-corrected chi connectivity index (χ4v) is 4.22. The molecule has 2 nitrogen and oxygen atoms in total. The zero-order chi connectivity index (χ0) is 15.3. The maximum Gasteiger partial charge on any atom is 0.389 e. The van der Waals surface area contributed by atoms with Gasteiger partial charge in [0.05, 0.1) is 0 Å². The van der Waals surface area contributed by atoms with Crippen molar-refractivity contribution in [1.29, 1.82) is 0 Å².